The Balaban J connectivity index is 1.21. The van der Waals surface area contributed by atoms with E-state index in [1.54, 1.807) is 0 Å². The Bertz CT molecular complexity index is 1310. The average Bonchev–Trinajstić information content (AvgIpc) is 3.16. The Hall–Kier alpha value is -2.78. The first-order valence-corrected chi connectivity index (χ1v) is 13.1. The molecule has 35 heavy (non-hydrogen) atoms. The van der Waals surface area contributed by atoms with Gasteiger partial charge in [0.25, 0.3) is 5.91 Å². The molecule has 2 saturated heterocycles. The van der Waals surface area contributed by atoms with E-state index in [-0.39, 0.29) is 36.4 Å². The van der Waals surface area contributed by atoms with Gasteiger partial charge in [0.15, 0.2) is 0 Å². The SMILES string of the molecule is Cc1ccc2c(N)c(C(=O)N[C@@H]3CCc4c(F)c(N5CC6CCCC(C5)O6)cc(F)c4C3)sc2n1. The third kappa shape index (κ3) is 4.04. The van der Waals surface area contributed by atoms with Gasteiger partial charge >= 0.3 is 0 Å². The summed E-state index contributed by atoms with van der Waals surface area (Å²) < 4.78 is 36.8. The van der Waals surface area contributed by atoms with Crippen LogP contribution in [0, 0.1) is 18.6 Å². The van der Waals surface area contributed by atoms with Crippen LogP contribution in [0.5, 0.6) is 0 Å². The summed E-state index contributed by atoms with van der Waals surface area (Å²) in [6.45, 7) is 3.07. The van der Waals surface area contributed by atoms with Crippen LogP contribution in [-0.4, -0.2) is 42.2 Å². The van der Waals surface area contributed by atoms with E-state index in [1.807, 2.05) is 24.0 Å². The van der Waals surface area contributed by atoms with Gasteiger partial charge in [0.2, 0.25) is 0 Å². The molecule has 2 aromatic heterocycles. The van der Waals surface area contributed by atoms with Crippen LogP contribution in [-0.2, 0) is 17.6 Å². The molecule has 1 aliphatic carbocycles. The quantitative estimate of drug-likeness (QED) is 0.556. The van der Waals surface area contributed by atoms with Gasteiger partial charge in [-0.15, -0.1) is 11.3 Å². The molecule has 184 valence electrons. The molecule has 2 fully saturated rings. The molecule has 0 radical (unpaired) electrons. The fourth-order valence-corrected chi connectivity index (χ4v) is 6.77. The van der Waals surface area contributed by atoms with Crippen molar-refractivity contribution in [1.82, 2.24) is 10.3 Å². The number of hydrogen-bond donors (Lipinski definition) is 2. The molecule has 3 aliphatic rings. The summed E-state index contributed by atoms with van der Waals surface area (Å²) in [7, 11) is 0. The number of fused-ring (bicyclic) bond motifs is 4. The highest BCUT2D eigenvalue weighted by Gasteiger charge is 2.35. The third-order valence-electron chi connectivity index (χ3n) is 7.50. The van der Waals surface area contributed by atoms with Crippen LogP contribution >= 0.6 is 11.3 Å². The van der Waals surface area contributed by atoms with Gasteiger partial charge in [-0.05, 0) is 68.7 Å². The number of carbonyl (C=O) groups is 1. The van der Waals surface area contributed by atoms with Crippen molar-refractivity contribution in [3.05, 3.63) is 51.5 Å². The number of carbonyl (C=O) groups excluding carboxylic acids is 1. The largest absolute Gasteiger partial charge is 0.397 e. The Morgan fingerprint density at radius 1 is 1.20 bits per heavy atom. The summed E-state index contributed by atoms with van der Waals surface area (Å²) in [5, 5.41) is 3.75. The fraction of sp³-hybridized carbons (Fsp3) is 0.462. The summed E-state index contributed by atoms with van der Waals surface area (Å²) >= 11 is 1.25. The maximum atomic E-state index is 15.6. The monoisotopic (exact) mass is 498 g/mol. The molecule has 0 saturated carbocycles. The highest BCUT2D eigenvalue weighted by atomic mass is 32.1. The molecule has 2 unspecified atom stereocenters. The lowest BCUT2D eigenvalue weighted by Gasteiger charge is -2.43. The molecule has 4 heterocycles. The van der Waals surface area contributed by atoms with Gasteiger partial charge in [-0.3, -0.25) is 4.79 Å². The highest BCUT2D eigenvalue weighted by molar-refractivity contribution is 7.21. The van der Waals surface area contributed by atoms with Gasteiger partial charge in [0.1, 0.15) is 21.3 Å². The van der Waals surface area contributed by atoms with Crippen molar-refractivity contribution in [1.29, 1.82) is 0 Å². The molecule has 0 spiro atoms. The van der Waals surface area contributed by atoms with E-state index in [0.29, 0.717) is 53.3 Å². The number of morpholine rings is 1. The van der Waals surface area contributed by atoms with Gasteiger partial charge in [-0.1, -0.05) is 0 Å². The van der Waals surface area contributed by atoms with Crippen LogP contribution in [0.2, 0.25) is 0 Å². The van der Waals surface area contributed by atoms with Crippen molar-refractivity contribution in [2.45, 2.75) is 63.7 Å². The predicted octanol–water partition coefficient (Wildman–Crippen LogP) is 4.51. The van der Waals surface area contributed by atoms with Crippen molar-refractivity contribution < 1.29 is 18.3 Å². The topological polar surface area (TPSA) is 80.5 Å². The van der Waals surface area contributed by atoms with E-state index < -0.39 is 5.82 Å². The third-order valence-corrected chi connectivity index (χ3v) is 8.61. The van der Waals surface area contributed by atoms with Gasteiger partial charge in [0, 0.05) is 36.3 Å². The number of amides is 1. The second-order valence-corrected chi connectivity index (χ2v) is 10.9. The van der Waals surface area contributed by atoms with Crippen molar-refractivity contribution in [2.75, 3.05) is 23.7 Å². The molecule has 3 N–H and O–H groups in total. The molecule has 3 aromatic rings. The molecule has 6 nitrogen and oxygen atoms in total. The number of pyridine rings is 1. The first-order chi connectivity index (χ1) is 16.9. The molecular weight excluding hydrogens is 470 g/mol. The minimum absolute atomic E-state index is 0.0843. The number of nitrogen functional groups attached to an aromatic ring is 1. The second-order valence-electron chi connectivity index (χ2n) is 9.93. The Morgan fingerprint density at radius 3 is 2.74 bits per heavy atom. The zero-order chi connectivity index (χ0) is 24.3. The van der Waals surface area contributed by atoms with E-state index in [9.17, 15) is 4.79 Å². The maximum Gasteiger partial charge on any atom is 0.263 e. The van der Waals surface area contributed by atoms with Crippen LogP contribution in [0.3, 0.4) is 0 Å². The predicted molar refractivity (Wildman–Crippen MR) is 133 cm³/mol. The highest BCUT2D eigenvalue weighted by Crippen LogP contribution is 2.37. The van der Waals surface area contributed by atoms with Gasteiger partial charge < -0.3 is 20.7 Å². The summed E-state index contributed by atoms with van der Waals surface area (Å²) in [6, 6.07) is 4.77. The van der Waals surface area contributed by atoms with Crippen molar-refractivity contribution in [3.8, 4) is 0 Å². The number of rotatable bonds is 3. The molecule has 3 atom stereocenters. The molecule has 9 heteroatoms. The number of halogens is 2. The average molecular weight is 499 g/mol. The molecule has 6 rings (SSSR count). The lowest BCUT2D eigenvalue weighted by Crippen LogP contribution is -2.50. The number of nitrogens with two attached hydrogens (primary N) is 1. The normalized spacial score (nSPS) is 23.9. The van der Waals surface area contributed by atoms with Crippen LogP contribution in [0.25, 0.3) is 10.2 Å². The number of anilines is 2. The second kappa shape index (κ2) is 8.71. The minimum atomic E-state index is -0.409. The van der Waals surface area contributed by atoms with E-state index in [0.717, 1.165) is 35.2 Å². The summed E-state index contributed by atoms with van der Waals surface area (Å²) in [6.07, 6.45) is 4.38. The summed E-state index contributed by atoms with van der Waals surface area (Å²) in [5.41, 5.74) is 8.61. The van der Waals surface area contributed by atoms with Gasteiger partial charge in [0.05, 0.1) is 23.6 Å². The number of aromatic nitrogens is 1. The Kier molecular flexibility index (Phi) is 5.64. The first-order valence-electron chi connectivity index (χ1n) is 12.2. The number of nitrogens with one attached hydrogen (secondary N) is 1. The molecular formula is C26H28F2N4O2S. The molecule has 2 aliphatic heterocycles. The van der Waals surface area contributed by atoms with Crippen molar-refractivity contribution in [2.24, 2.45) is 0 Å². The molecule has 1 amide bonds. The van der Waals surface area contributed by atoms with Crippen LogP contribution < -0.4 is 16.0 Å². The number of ether oxygens (including phenoxy) is 1. The lowest BCUT2D eigenvalue weighted by molar-refractivity contribution is -0.0606. The smallest absolute Gasteiger partial charge is 0.263 e. The number of hydrogen-bond acceptors (Lipinski definition) is 6. The van der Waals surface area contributed by atoms with Crippen molar-refractivity contribution >= 4 is 38.8 Å². The maximum absolute atomic E-state index is 15.6. The fourth-order valence-electron chi connectivity index (χ4n) is 5.73. The summed E-state index contributed by atoms with van der Waals surface area (Å²) in [5.74, 6) is -1.04. The number of aryl methyl sites for hydroxylation is 1. The summed E-state index contributed by atoms with van der Waals surface area (Å²) in [4.78, 5) is 20.5. The number of nitrogens with zero attached hydrogens (tertiary/aromatic N) is 2. The van der Waals surface area contributed by atoms with E-state index in [1.165, 1.54) is 17.4 Å². The van der Waals surface area contributed by atoms with E-state index in [2.05, 4.69) is 10.3 Å². The molecule has 2 bridgehead atoms. The van der Waals surface area contributed by atoms with E-state index in [4.69, 9.17) is 10.5 Å². The zero-order valence-corrected chi connectivity index (χ0v) is 20.4. The minimum Gasteiger partial charge on any atom is -0.397 e. The number of thiophene rings is 1. The Morgan fingerprint density at radius 2 is 1.97 bits per heavy atom. The number of benzene rings is 1. The van der Waals surface area contributed by atoms with Gasteiger partial charge in [-0.2, -0.15) is 0 Å². The van der Waals surface area contributed by atoms with Crippen LogP contribution in [0.15, 0.2) is 18.2 Å². The van der Waals surface area contributed by atoms with Gasteiger partial charge in [-0.25, -0.2) is 13.8 Å². The first kappa shape index (κ1) is 22.7. The van der Waals surface area contributed by atoms with Crippen molar-refractivity contribution in [3.63, 3.8) is 0 Å². The zero-order valence-electron chi connectivity index (χ0n) is 19.6. The molecule has 1 aromatic carbocycles. The van der Waals surface area contributed by atoms with Crippen LogP contribution in [0.4, 0.5) is 20.2 Å². The lowest BCUT2D eigenvalue weighted by atomic mass is 9.86. The van der Waals surface area contributed by atoms with Crippen LogP contribution in [0.1, 0.15) is 52.2 Å². The van der Waals surface area contributed by atoms with E-state index >= 15 is 8.78 Å². The standard InChI is InChI=1S/C26H28F2N4O2S/c1-13-5-7-18-23(29)24(35-26(18)30-13)25(33)31-14-6-8-17-19(9-14)20(27)10-21(22(17)28)32-11-15-3-2-4-16(12-32)34-15/h5,7,10,14-16H,2-4,6,8-9,11-12,29H2,1H3,(H,31,33)/t14-,15?,16?/m1/s1. The Labute approximate surface area is 206 Å².